The van der Waals surface area contributed by atoms with E-state index in [0.29, 0.717) is 6.61 Å². The first-order chi connectivity index (χ1) is 8.86. The zero-order chi connectivity index (χ0) is 14.5. The van der Waals surface area contributed by atoms with Gasteiger partial charge >= 0.3 is 0 Å². The molecule has 19 heavy (non-hydrogen) atoms. The van der Waals surface area contributed by atoms with E-state index < -0.39 is 15.0 Å². The normalized spacial score (nSPS) is 13.2. The molecule has 0 saturated heterocycles. The SMILES string of the molecule is CCOC(C)COS(=O)(=O)c1ccc([N+](=O)[O-])cc1. The molecular formula is C11H15NO6S. The molecule has 1 aromatic rings. The standard InChI is InChI=1S/C11H15NO6S/c1-3-17-9(2)8-18-19(15,16)11-6-4-10(5-7-11)12(13)14/h4-7,9H,3,8H2,1-2H3. The van der Waals surface area contributed by atoms with Crippen molar-refractivity contribution in [3.63, 3.8) is 0 Å². The van der Waals surface area contributed by atoms with Crippen LogP contribution < -0.4 is 0 Å². The fraction of sp³-hybridized carbons (Fsp3) is 0.455. The van der Waals surface area contributed by atoms with Crippen LogP contribution in [0.3, 0.4) is 0 Å². The molecule has 0 aliphatic rings. The molecule has 0 heterocycles. The van der Waals surface area contributed by atoms with Gasteiger partial charge in [-0.05, 0) is 26.0 Å². The van der Waals surface area contributed by atoms with Crippen molar-refractivity contribution in [3.8, 4) is 0 Å². The van der Waals surface area contributed by atoms with Crippen molar-refractivity contribution in [2.75, 3.05) is 13.2 Å². The Morgan fingerprint density at radius 2 is 1.89 bits per heavy atom. The van der Waals surface area contributed by atoms with Gasteiger partial charge in [-0.15, -0.1) is 0 Å². The van der Waals surface area contributed by atoms with E-state index in [2.05, 4.69) is 0 Å². The van der Waals surface area contributed by atoms with E-state index in [1.807, 2.05) is 0 Å². The van der Waals surface area contributed by atoms with Gasteiger partial charge < -0.3 is 4.74 Å². The van der Waals surface area contributed by atoms with Crippen LogP contribution in [0.5, 0.6) is 0 Å². The lowest BCUT2D eigenvalue weighted by Gasteiger charge is -2.11. The molecule has 1 unspecified atom stereocenters. The van der Waals surface area contributed by atoms with Crippen LogP contribution in [0.1, 0.15) is 13.8 Å². The lowest BCUT2D eigenvalue weighted by molar-refractivity contribution is -0.384. The Morgan fingerprint density at radius 1 is 1.32 bits per heavy atom. The van der Waals surface area contributed by atoms with E-state index in [0.717, 1.165) is 24.3 Å². The van der Waals surface area contributed by atoms with Crippen LogP contribution in [0.15, 0.2) is 29.2 Å². The molecule has 0 amide bonds. The van der Waals surface area contributed by atoms with E-state index in [-0.39, 0.29) is 23.3 Å². The number of hydrogen-bond acceptors (Lipinski definition) is 6. The van der Waals surface area contributed by atoms with Crippen LogP contribution in [0.2, 0.25) is 0 Å². The molecular weight excluding hydrogens is 274 g/mol. The molecule has 0 spiro atoms. The number of nitro groups is 1. The molecule has 0 radical (unpaired) electrons. The van der Waals surface area contributed by atoms with Crippen molar-refractivity contribution in [2.45, 2.75) is 24.8 Å². The van der Waals surface area contributed by atoms with E-state index in [1.165, 1.54) is 0 Å². The molecule has 0 aromatic heterocycles. The highest BCUT2D eigenvalue weighted by molar-refractivity contribution is 7.86. The molecule has 1 aromatic carbocycles. The zero-order valence-corrected chi connectivity index (χ0v) is 11.4. The number of nitrogens with zero attached hydrogens (tertiary/aromatic N) is 1. The highest BCUT2D eigenvalue weighted by atomic mass is 32.2. The molecule has 1 atom stereocenters. The van der Waals surface area contributed by atoms with Gasteiger partial charge in [0.25, 0.3) is 15.8 Å². The molecule has 0 aliphatic carbocycles. The third-order valence-corrected chi connectivity index (χ3v) is 3.54. The third-order valence-electron chi connectivity index (χ3n) is 2.25. The Balaban J connectivity index is 2.74. The second-order valence-electron chi connectivity index (χ2n) is 3.76. The Bertz CT molecular complexity index is 525. The fourth-order valence-corrected chi connectivity index (χ4v) is 2.30. The molecule has 8 heteroatoms. The third kappa shape index (κ3) is 4.58. The van der Waals surface area contributed by atoms with Gasteiger partial charge in [0.2, 0.25) is 0 Å². The van der Waals surface area contributed by atoms with Gasteiger partial charge in [-0.3, -0.25) is 14.3 Å². The number of hydrogen-bond donors (Lipinski definition) is 0. The predicted molar refractivity (Wildman–Crippen MR) is 67.3 cm³/mol. The Labute approximate surface area is 111 Å². The summed E-state index contributed by atoms with van der Waals surface area (Å²) in [6.45, 7) is 3.84. The molecule has 1 rings (SSSR count). The lowest BCUT2D eigenvalue weighted by Crippen LogP contribution is -2.19. The van der Waals surface area contributed by atoms with Gasteiger partial charge in [0.1, 0.15) is 0 Å². The summed E-state index contributed by atoms with van der Waals surface area (Å²) in [5.74, 6) is 0. The minimum Gasteiger partial charge on any atom is -0.376 e. The summed E-state index contributed by atoms with van der Waals surface area (Å²) in [5, 5.41) is 10.5. The van der Waals surface area contributed by atoms with E-state index in [1.54, 1.807) is 13.8 Å². The van der Waals surface area contributed by atoms with Crippen LogP contribution >= 0.6 is 0 Å². The van der Waals surface area contributed by atoms with Gasteiger partial charge in [-0.25, -0.2) is 0 Å². The summed E-state index contributed by atoms with van der Waals surface area (Å²) in [4.78, 5) is 9.73. The average molecular weight is 289 g/mol. The lowest BCUT2D eigenvalue weighted by atomic mass is 10.3. The summed E-state index contributed by atoms with van der Waals surface area (Å²) in [6, 6.07) is 4.50. The topological polar surface area (TPSA) is 95.7 Å². The maximum atomic E-state index is 11.8. The first kappa shape index (κ1) is 15.5. The van der Waals surface area contributed by atoms with E-state index in [4.69, 9.17) is 8.92 Å². The summed E-state index contributed by atoms with van der Waals surface area (Å²) in [6.07, 6.45) is -0.349. The predicted octanol–water partition coefficient (Wildman–Crippen LogP) is 1.73. The van der Waals surface area contributed by atoms with Crippen LogP contribution in [0, 0.1) is 10.1 Å². The molecule has 0 saturated carbocycles. The Kier molecular flexibility index (Phi) is 5.40. The van der Waals surface area contributed by atoms with Crippen LogP contribution in [0.25, 0.3) is 0 Å². The minimum absolute atomic E-state index is 0.104. The second-order valence-corrected chi connectivity index (χ2v) is 5.37. The second kappa shape index (κ2) is 6.60. The summed E-state index contributed by atoms with van der Waals surface area (Å²) in [7, 11) is -3.92. The minimum atomic E-state index is -3.92. The number of rotatable bonds is 7. The Hall–Kier alpha value is -1.51. The molecule has 0 aliphatic heterocycles. The maximum Gasteiger partial charge on any atom is 0.297 e. The zero-order valence-electron chi connectivity index (χ0n) is 10.6. The molecule has 0 bridgehead atoms. The van der Waals surface area contributed by atoms with Gasteiger partial charge in [0, 0.05) is 18.7 Å². The van der Waals surface area contributed by atoms with E-state index in [9.17, 15) is 18.5 Å². The van der Waals surface area contributed by atoms with Crippen LogP contribution in [0.4, 0.5) is 5.69 Å². The highest BCUT2D eigenvalue weighted by Crippen LogP contribution is 2.17. The van der Waals surface area contributed by atoms with Crippen molar-refractivity contribution >= 4 is 15.8 Å². The fourth-order valence-electron chi connectivity index (χ4n) is 1.32. The molecule has 106 valence electrons. The number of nitro benzene ring substituents is 1. The molecule has 0 fully saturated rings. The number of non-ortho nitro benzene ring substituents is 1. The number of benzene rings is 1. The number of ether oxygens (including phenoxy) is 1. The molecule has 0 N–H and O–H groups in total. The van der Waals surface area contributed by atoms with Gasteiger partial charge in [-0.1, -0.05) is 0 Å². The Morgan fingerprint density at radius 3 is 2.37 bits per heavy atom. The summed E-state index contributed by atoms with van der Waals surface area (Å²) in [5.41, 5.74) is -0.179. The largest absolute Gasteiger partial charge is 0.376 e. The smallest absolute Gasteiger partial charge is 0.297 e. The van der Waals surface area contributed by atoms with Crippen molar-refractivity contribution in [1.82, 2.24) is 0 Å². The van der Waals surface area contributed by atoms with Gasteiger partial charge in [0.05, 0.1) is 22.5 Å². The van der Waals surface area contributed by atoms with Gasteiger partial charge in [-0.2, -0.15) is 8.42 Å². The average Bonchev–Trinajstić information content (AvgIpc) is 2.37. The van der Waals surface area contributed by atoms with Crippen molar-refractivity contribution in [1.29, 1.82) is 0 Å². The first-order valence-corrected chi connectivity index (χ1v) is 7.03. The molecule has 7 nitrogen and oxygen atoms in total. The van der Waals surface area contributed by atoms with Crippen molar-refractivity contribution in [3.05, 3.63) is 34.4 Å². The first-order valence-electron chi connectivity index (χ1n) is 5.62. The highest BCUT2D eigenvalue weighted by Gasteiger charge is 2.18. The monoisotopic (exact) mass is 289 g/mol. The maximum absolute atomic E-state index is 11.8. The quantitative estimate of drug-likeness (QED) is 0.431. The van der Waals surface area contributed by atoms with Crippen LogP contribution in [-0.4, -0.2) is 32.7 Å². The van der Waals surface area contributed by atoms with E-state index >= 15 is 0 Å². The van der Waals surface area contributed by atoms with Gasteiger partial charge in [0.15, 0.2) is 0 Å². The summed E-state index contributed by atoms with van der Waals surface area (Å²) >= 11 is 0. The van der Waals surface area contributed by atoms with Crippen LogP contribution in [-0.2, 0) is 19.0 Å². The van der Waals surface area contributed by atoms with Crippen molar-refractivity contribution in [2.24, 2.45) is 0 Å². The summed E-state index contributed by atoms with van der Waals surface area (Å²) < 4.78 is 33.5. The van der Waals surface area contributed by atoms with Crippen molar-refractivity contribution < 1.29 is 22.3 Å².